The Morgan fingerprint density at radius 3 is 2.69 bits per heavy atom. The van der Waals surface area contributed by atoms with Crippen molar-refractivity contribution in [3.8, 4) is 0 Å². The van der Waals surface area contributed by atoms with Crippen LogP contribution in [0.1, 0.15) is 27.3 Å². The van der Waals surface area contributed by atoms with Gasteiger partial charge in [0, 0.05) is 18.8 Å². The zero-order chi connectivity index (χ0) is 11.7. The summed E-state index contributed by atoms with van der Waals surface area (Å²) in [7, 11) is 1.78. The van der Waals surface area contributed by atoms with E-state index in [0.29, 0.717) is 16.8 Å². The van der Waals surface area contributed by atoms with Crippen LogP contribution in [0.3, 0.4) is 0 Å². The Bertz CT molecular complexity index is 545. The largest absolute Gasteiger partial charge is 0.288 e. The first kappa shape index (κ1) is 10.5. The first-order valence-corrected chi connectivity index (χ1v) is 4.92. The Kier molecular flexibility index (Phi) is 2.52. The van der Waals surface area contributed by atoms with Gasteiger partial charge in [0.15, 0.2) is 5.78 Å². The number of hydrogen-bond donors (Lipinski definition) is 0. The Balaban J connectivity index is 2.45. The molecule has 0 aliphatic heterocycles. The van der Waals surface area contributed by atoms with E-state index in [4.69, 9.17) is 0 Å². The highest BCUT2D eigenvalue weighted by Crippen LogP contribution is 2.11. The number of aryl methyl sites for hydroxylation is 3. The van der Waals surface area contributed by atoms with Crippen molar-refractivity contribution in [3.05, 3.63) is 41.0 Å². The van der Waals surface area contributed by atoms with Crippen LogP contribution in [-0.2, 0) is 7.05 Å². The minimum Gasteiger partial charge on any atom is -0.288 e. The summed E-state index contributed by atoms with van der Waals surface area (Å²) in [6, 6.07) is 1.75. The van der Waals surface area contributed by atoms with Gasteiger partial charge in [-0.25, -0.2) is 0 Å². The van der Waals surface area contributed by atoms with Crippen LogP contribution in [0.4, 0.5) is 0 Å². The summed E-state index contributed by atoms with van der Waals surface area (Å²) in [4.78, 5) is 12.1. The quantitative estimate of drug-likeness (QED) is 0.704. The molecule has 5 heteroatoms. The third-order valence-electron chi connectivity index (χ3n) is 2.31. The van der Waals surface area contributed by atoms with E-state index in [1.165, 1.54) is 0 Å². The second-order valence-electron chi connectivity index (χ2n) is 3.72. The molecule has 0 aliphatic carbocycles. The molecule has 0 radical (unpaired) electrons. The summed E-state index contributed by atoms with van der Waals surface area (Å²) in [5, 5.41) is 11.8. The van der Waals surface area contributed by atoms with Gasteiger partial charge in [0.25, 0.3) is 0 Å². The number of hydrogen-bond acceptors (Lipinski definition) is 4. The normalized spacial score (nSPS) is 10.4. The third-order valence-corrected chi connectivity index (χ3v) is 2.31. The molecule has 0 spiro atoms. The number of carbonyl (C=O) groups excluding carboxylic acids is 1. The number of ketones is 1. The van der Waals surface area contributed by atoms with Crippen molar-refractivity contribution in [3.63, 3.8) is 0 Å². The average Bonchev–Trinajstić information content (AvgIpc) is 2.67. The third kappa shape index (κ3) is 1.84. The molecule has 82 valence electrons. The maximum absolute atomic E-state index is 12.1. The van der Waals surface area contributed by atoms with E-state index in [2.05, 4.69) is 15.3 Å². The van der Waals surface area contributed by atoms with E-state index in [0.717, 1.165) is 5.69 Å². The fourth-order valence-corrected chi connectivity index (χ4v) is 1.47. The topological polar surface area (TPSA) is 60.7 Å². The van der Waals surface area contributed by atoms with Crippen LogP contribution in [0.2, 0.25) is 0 Å². The predicted octanol–water partition coefficient (Wildman–Crippen LogP) is 1.06. The van der Waals surface area contributed by atoms with E-state index < -0.39 is 0 Å². The first-order chi connectivity index (χ1) is 7.58. The zero-order valence-electron chi connectivity index (χ0n) is 9.43. The molecule has 0 atom stereocenters. The standard InChI is InChI=1S/C11H12N4O/c1-7-4-10(8(2)14-13-7)11(16)9-5-12-15(3)6-9/h4-6H,1-3H3. The Morgan fingerprint density at radius 2 is 2.06 bits per heavy atom. The number of nitrogens with zero attached hydrogens (tertiary/aromatic N) is 4. The summed E-state index contributed by atoms with van der Waals surface area (Å²) in [6.45, 7) is 3.59. The van der Waals surface area contributed by atoms with Crippen LogP contribution in [0.5, 0.6) is 0 Å². The summed E-state index contributed by atoms with van der Waals surface area (Å²) < 4.78 is 1.60. The van der Waals surface area contributed by atoms with Gasteiger partial charge >= 0.3 is 0 Å². The molecule has 0 unspecified atom stereocenters. The van der Waals surface area contributed by atoms with E-state index in [9.17, 15) is 4.79 Å². The molecule has 2 heterocycles. The lowest BCUT2D eigenvalue weighted by molar-refractivity contribution is 0.103. The molecule has 0 aliphatic rings. The van der Waals surface area contributed by atoms with Crippen molar-refractivity contribution in [1.82, 2.24) is 20.0 Å². The predicted molar refractivity (Wildman–Crippen MR) is 58.1 cm³/mol. The lowest BCUT2D eigenvalue weighted by atomic mass is 10.1. The van der Waals surface area contributed by atoms with Gasteiger partial charge < -0.3 is 0 Å². The highest BCUT2D eigenvalue weighted by atomic mass is 16.1. The molecule has 0 amide bonds. The van der Waals surface area contributed by atoms with Crippen molar-refractivity contribution in [2.45, 2.75) is 13.8 Å². The first-order valence-electron chi connectivity index (χ1n) is 4.92. The molecular formula is C11H12N4O. The maximum atomic E-state index is 12.1. The summed E-state index contributed by atoms with van der Waals surface area (Å²) >= 11 is 0. The molecule has 2 aromatic heterocycles. The average molecular weight is 216 g/mol. The summed E-state index contributed by atoms with van der Waals surface area (Å²) in [6.07, 6.45) is 3.25. The molecule has 2 rings (SSSR count). The van der Waals surface area contributed by atoms with Crippen LogP contribution in [0, 0.1) is 13.8 Å². The molecule has 5 nitrogen and oxygen atoms in total. The smallest absolute Gasteiger partial charge is 0.198 e. The highest BCUT2D eigenvalue weighted by Gasteiger charge is 2.14. The van der Waals surface area contributed by atoms with Gasteiger partial charge in [-0.15, -0.1) is 0 Å². The second kappa shape index (κ2) is 3.84. The summed E-state index contributed by atoms with van der Waals surface area (Å²) in [5.74, 6) is -0.0661. The Morgan fingerprint density at radius 1 is 1.31 bits per heavy atom. The van der Waals surface area contributed by atoms with E-state index >= 15 is 0 Å². The van der Waals surface area contributed by atoms with Crippen LogP contribution >= 0.6 is 0 Å². The number of rotatable bonds is 2. The van der Waals surface area contributed by atoms with Crippen molar-refractivity contribution < 1.29 is 4.79 Å². The monoisotopic (exact) mass is 216 g/mol. The van der Waals surface area contributed by atoms with Crippen LogP contribution in [0.25, 0.3) is 0 Å². The van der Waals surface area contributed by atoms with Crippen molar-refractivity contribution in [2.75, 3.05) is 0 Å². The van der Waals surface area contributed by atoms with Gasteiger partial charge in [0.2, 0.25) is 0 Å². The van der Waals surface area contributed by atoms with E-state index in [1.54, 1.807) is 37.1 Å². The molecule has 0 bridgehead atoms. The minimum atomic E-state index is -0.0661. The zero-order valence-corrected chi connectivity index (χ0v) is 9.43. The van der Waals surface area contributed by atoms with Gasteiger partial charge in [-0.1, -0.05) is 0 Å². The fourth-order valence-electron chi connectivity index (χ4n) is 1.47. The second-order valence-corrected chi connectivity index (χ2v) is 3.72. The molecule has 0 fully saturated rings. The van der Waals surface area contributed by atoms with Crippen LogP contribution < -0.4 is 0 Å². The summed E-state index contributed by atoms with van der Waals surface area (Å²) in [5.41, 5.74) is 2.52. The lowest BCUT2D eigenvalue weighted by Crippen LogP contribution is -2.06. The molecule has 16 heavy (non-hydrogen) atoms. The van der Waals surface area contributed by atoms with Crippen molar-refractivity contribution in [1.29, 1.82) is 0 Å². The van der Waals surface area contributed by atoms with Gasteiger partial charge in [-0.2, -0.15) is 15.3 Å². The van der Waals surface area contributed by atoms with Crippen molar-refractivity contribution in [2.24, 2.45) is 7.05 Å². The molecular weight excluding hydrogens is 204 g/mol. The van der Waals surface area contributed by atoms with E-state index in [1.807, 2.05) is 6.92 Å². The lowest BCUT2D eigenvalue weighted by Gasteiger charge is -2.02. The minimum absolute atomic E-state index is 0.0661. The number of carbonyl (C=O) groups is 1. The number of aromatic nitrogens is 4. The highest BCUT2D eigenvalue weighted by molar-refractivity contribution is 6.09. The molecule has 0 aromatic carbocycles. The molecule has 0 saturated heterocycles. The SMILES string of the molecule is Cc1cc(C(=O)c2cnn(C)c2)c(C)nn1. The molecule has 0 N–H and O–H groups in total. The maximum Gasteiger partial charge on any atom is 0.198 e. The Labute approximate surface area is 93.1 Å². The van der Waals surface area contributed by atoms with Gasteiger partial charge in [0.1, 0.15) is 0 Å². The van der Waals surface area contributed by atoms with Gasteiger partial charge in [-0.3, -0.25) is 9.48 Å². The van der Waals surface area contributed by atoms with Crippen LogP contribution in [-0.4, -0.2) is 25.8 Å². The molecule has 2 aromatic rings. The van der Waals surface area contributed by atoms with Gasteiger partial charge in [0.05, 0.1) is 23.1 Å². The fraction of sp³-hybridized carbons (Fsp3) is 0.273. The van der Waals surface area contributed by atoms with Crippen molar-refractivity contribution >= 4 is 5.78 Å². The van der Waals surface area contributed by atoms with Gasteiger partial charge in [-0.05, 0) is 19.9 Å². The Hall–Kier alpha value is -2.04. The van der Waals surface area contributed by atoms with E-state index in [-0.39, 0.29) is 5.78 Å². The van der Waals surface area contributed by atoms with Crippen LogP contribution in [0.15, 0.2) is 18.5 Å². The molecule has 0 saturated carbocycles.